The van der Waals surface area contributed by atoms with Crippen molar-refractivity contribution in [1.82, 2.24) is 0 Å². The molecule has 0 spiro atoms. The number of carbonyl (C=O) groups is 2. The average Bonchev–Trinajstić information content (AvgIpc) is 2.74. The average molecular weight is 408 g/mol. The highest BCUT2D eigenvalue weighted by atomic mass is 16.6. The number of carbonyl (C=O) groups excluding carboxylic acids is 2. The van der Waals surface area contributed by atoms with E-state index in [1.807, 2.05) is 74.5 Å². The molecule has 1 saturated carbocycles. The Kier molecular flexibility index (Phi) is 6.40. The van der Waals surface area contributed by atoms with Crippen LogP contribution in [0.1, 0.15) is 45.2 Å². The van der Waals surface area contributed by atoms with E-state index in [2.05, 4.69) is 0 Å². The molecular weight excluding hydrogens is 378 g/mol. The molecule has 1 fully saturated rings. The van der Waals surface area contributed by atoms with Crippen molar-refractivity contribution < 1.29 is 19.1 Å². The van der Waals surface area contributed by atoms with Crippen molar-refractivity contribution in [2.45, 2.75) is 40.2 Å². The summed E-state index contributed by atoms with van der Waals surface area (Å²) in [5, 5.41) is 0. The fourth-order valence-electron chi connectivity index (χ4n) is 4.34. The molecule has 2 aromatic carbocycles. The Morgan fingerprint density at radius 2 is 1.30 bits per heavy atom. The largest absolute Gasteiger partial charge is 0.465 e. The van der Waals surface area contributed by atoms with E-state index < -0.39 is 23.4 Å². The van der Waals surface area contributed by atoms with Gasteiger partial charge in [0.05, 0.1) is 25.0 Å². The van der Waals surface area contributed by atoms with Gasteiger partial charge in [0.15, 0.2) is 5.41 Å². The molecule has 5 nitrogen and oxygen atoms in total. The number of esters is 2. The van der Waals surface area contributed by atoms with E-state index in [-0.39, 0.29) is 18.6 Å². The topological polar surface area (TPSA) is 65.0 Å². The van der Waals surface area contributed by atoms with Crippen LogP contribution >= 0.6 is 0 Å². The second-order valence-corrected chi connectivity index (χ2v) is 8.19. The summed E-state index contributed by atoms with van der Waals surface area (Å²) in [6, 6.07) is 19.0. The molecule has 0 heterocycles. The molecule has 1 atom stereocenters. The Bertz CT molecular complexity index is 859. The van der Waals surface area contributed by atoms with Crippen LogP contribution in [0.5, 0.6) is 0 Å². The quantitative estimate of drug-likeness (QED) is 0.387. The summed E-state index contributed by atoms with van der Waals surface area (Å²) >= 11 is 0. The summed E-state index contributed by atoms with van der Waals surface area (Å²) in [5.41, 5.74) is 0.798. The van der Waals surface area contributed by atoms with Crippen LogP contribution in [0.2, 0.25) is 0 Å². The minimum atomic E-state index is -1.43. The lowest BCUT2D eigenvalue weighted by molar-refractivity contribution is -0.192. The third-order valence-electron chi connectivity index (χ3n) is 5.57. The van der Waals surface area contributed by atoms with E-state index in [0.717, 1.165) is 16.8 Å². The molecule has 1 unspecified atom stereocenters. The van der Waals surface area contributed by atoms with Crippen LogP contribution in [0.15, 0.2) is 65.7 Å². The standard InChI is InChI=1S/C25H29NO4/c1-5-29-22(27)25(23(28)30-6-2)17-24(3,4)21(25)26-20(18-13-9-7-10-14-18)19-15-11-8-12-16-19/h7-16,21H,5-6,17H2,1-4H3. The number of aliphatic imine (C=N–C) groups is 1. The van der Waals surface area contributed by atoms with Crippen LogP contribution < -0.4 is 0 Å². The SMILES string of the molecule is CCOC(=O)C1(C(=O)OCC)CC(C)(C)C1N=C(c1ccccc1)c1ccccc1. The van der Waals surface area contributed by atoms with E-state index >= 15 is 0 Å². The molecule has 5 heteroatoms. The van der Waals surface area contributed by atoms with E-state index in [4.69, 9.17) is 14.5 Å². The first-order valence-electron chi connectivity index (χ1n) is 10.4. The van der Waals surface area contributed by atoms with Crippen LogP contribution in [0, 0.1) is 10.8 Å². The Morgan fingerprint density at radius 3 is 1.67 bits per heavy atom. The normalized spacial score (nSPS) is 18.6. The molecule has 0 N–H and O–H groups in total. The summed E-state index contributed by atoms with van der Waals surface area (Å²) in [6.45, 7) is 7.90. The molecule has 0 bridgehead atoms. The number of nitrogens with zero attached hydrogens (tertiary/aromatic N) is 1. The Hall–Kier alpha value is -2.95. The van der Waals surface area contributed by atoms with Crippen LogP contribution in [0.4, 0.5) is 0 Å². The number of ether oxygens (including phenoxy) is 2. The van der Waals surface area contributed by atoms with Gasteiger partial charge in [-0.3, -0.25) is 14.6 Å². The van der Waals surface area contributed by atoms with Gasteiger partial charge in [0.1, 0.15) is 0 Å². The Balaban J connectivity index is 2.17. The number of benzene rings is 2. The molecule has 158 valence electrons. The zero-order chi connectivity index (χ0) is 21.8. The van der Waals surface area contributed by atoms with Crippen molar-refractivity contribution in [1.29, 1.82) is 0 Å². The van der Waals surface area contributed by atoms with Gasteiger partial charge in [-0.05, 0) is 25.7 Å². The zero-order valence-corrected chi connectivity index (χ0v) is 18.1. The van der Waals surface area contributed by atoms with Gasteiger partial charge in [-0.2, -0.15) is 0 Å². The molecule has 0 amide bonds. The molecule has 0 radical (unpaired) electrons. The Labute approximate surface area is 178 Å². The summed E-state index contributed by atoms with van der Waals surface area (Å²) in [6.07, 6.45) is 0.336. The predicted octanol–water partition coefficient (Wildman–Crippen LogP) is 4.44. The smallest absolute Gasteiger partial charge is 0.325 e. The van der Waals surface area contributed by atoms with E-state index in [1.165, 1.54) is 0 Å². The molecule has 2 aromatic rings. The van der Waals surface area contributed by atoms with Gasteiger partial charge >= 0.3 is 11.9 Å². The minimum absolute atomic E-state index is 0.196. The van der Waals surface area contributed by atoms with Gasteiger partial charge in [0.2, 0.25) is 0 Å². The molecule has 30 heavy (non-hydrogen) atoms. The number of rotatable bonds is 7. The predicted molar refractivity (Wildman–Crippen MR) is 116 cm³/mol. The van der Waals surface area contributed by atoms with Gasteiger partial charge in [0, 0.05) is 11.1 Å². The van der Waals surface area contributed by atoms with Crippen molar-refractivity contribution >= 4 is 17.7 Å². The second-order valence-electron chi connectivity index (χ2n) is 8.19. The molecule has 0 aromatic heterocycles. The van der Waals surface area contributed by atoms with Crippen LogP contribution in [-0.2, 0) is 19.1 Å². The highest BCUT2D eigenvalue weighted by Crippen LogP contribution is 2.57. The molecule has 1 aliphatic rings. The third-order valence-corrected chi connectivity index (χ3v) is 5.57. The lowest BCUT2D eigenvalue weighted by Crippen LogP contribution is -2.66. The molecule has 3 rings (SSSR count). The summed E-state index contributed by atoms with van der Waals surface area (Å²) in [7, 11) is 0. The van der Waals surface area contributed by atoms with E-state index in [1.54, 1.807) is 13.8 Å². The molecular formula is C25H29NO4. The third kappa shape index (κ3) is 3.89. The first-order valence-corrected chi connectivity index (χ1v) is 10.4. The monoisotopic (exact) mass is 407 g/mol. The fraction of sp³-hybridized carbons (Fsp3) is 0.400. The van der Waals surface area contributed by atoms with Gasteiger partial charge in [-0.1, -0.05) is 74.5 Å². The van der Waals surface area contributed by atoms with Crippen molar-refractivity contribution in [3.63, 3.8) is 0 Å². The van der Waals surface area contributed by atoms with Crippen molar-refractivity contribution in [2.24, 2.45) is 15.8 Å². The first-order chi connectivity index (χ1) is 14.4. The van der Waals surface area contributed by atoms with Gasteiger partial charge in [-0.15, -0.1) is 0 Å². The fourth-order valence-corrected chi connectivity index (χ4v) is 4.34. The highest BCUT2D eigenvalue weighted by molar-refractivity contribution is 6.13. The summed E-state index contributed by atoms with van der Waals surface area (Å²) < 4.78 is 10.6. The second kappa shape index (κ2) is 8.82. The Morgan fingerprint density at radius 1 is 0.867 bits per heavy atom. The van der Waals surface area contributed by atoms with Gasteiger partial charge in [-0.25, -0.2) is 0 Å². The summed E-state index contributed by atoms with van der Waals surface area (Å²) in [4.78, 5) is 31.1. The van der Waals surface area contributed by atoms with Crippen LogP contribution in [0.25, 0.3) is 0 Å². The maximum atomic E-state index is 13.0. The number of hydrogen-bond donors (Lipinski definition) is 0. The molecule has 1 aliphatic carbocycles. The van der Waals surface area contributed by atoms with Crippen LogP contribution in [-0.4, -0.2) is 36.9 Å². The van der Waals surface area contributed by atoms with E-state index in [0.29, 0.717) is 6.42 Å². The lowest BCUT2D eigenvalue weighted by Gasteiger charge is -2.54. The maximum absolute atomic E-state index is 13.0. The van der Waals surface area contributed by atoms with Crippen molar-refractivity contribution in [3.8, 4) is 0 Å². The van der Waals surface area contributed by atoms with E-state index in [9.17, 15) is 9.59 Å². The molecule has 0 saturated heterocycles. The lowest BCUT2D eigenvalue weighted by atomic mass is 9.50. The summed E-state index contributed by atoms with van der Waals surface area (Å²) in [5.74, 6) is -1.12. The highest BCUT2D eigenvalue weighted by Gasteiger charge is 2.69. The molecule has 0 aliphatic heterocycles. The van der Waals surface area contributed by atoms with Crippen LogP contribution in [0.3, 0.4) is 0 Å². The minimum Gasteiger partial charge on any atom is -0.465 e. The van der Waals surface area contributed by atoms with Gasteiger partial charge < -0.3 is 9.47 Å². The zero-order valence-electron chi connectivity index (χ0n) is 18.1. The maximum Gasteiger partial charge on any atom is 0.325 e. The number of hydrogen-bond acceptors (Lipinski definition) is 5. The van der Waals surface area contributed by atoms with Crippen molar-refractivity contribution in [3.05, 3.63) is 71.8 Å². The van der Waals surface area contributed by atoms with Gasteiger partial charge in [0.25, 0.3) is 0 Å². The first kappa shape index (κ1) is 21.8. The van der Waals surface area contributed by atoms with Crippen molar-refractivity contribution in [2.75, 3.05) is 13.2 Å².